The van der Waals surface area contributed by atoms with E-state index in [1.807, 2.05) is 24.3 Å². The van der Waals surface area contributed by atoms with Gasteiger partial charge in [-0.25, -0.2) is 4.79 Å². The Labute approximate surface area is 132 Å². The maximum atomic E-state index is 12.6. The van der Waals surface area contributed by atoms with E-state index >= 15 is 0 Å². The molecule has 0 saturated carbocycles. The second kappa shape index (κ2) is 7.95. The topological polar surface area (TPSA) is 55.4 Å². The van der Waals surface area contributed by atoms with Gasteiger partial charge in [0, 0.05) is 17.2 Å². The van der Waals surface area contributed by atoms with Gasteiger partial charge >= 0.3 is 5.97 Å². The highest BCUT2D eigenvalue weighted by atomic mass is 28.2. The molecule has 1 N–H and O–H groups in total. The lowest BCUT2D eigenvalue weighted by Gasteiger charge is -2.16. The van der Waals surface area contributed by atoms with Crippen LogP contribution in [0.2, 0.25) is 0 Å². The number of ketones is 1. The highest BCUT2D eigenvalue weighted by molar-refractivity contribution is 6.05. The summed E-state index contributed by atoms with van der Waals surface area (Å²) in [6.07, 6.45) is 1.85. The second-order valence-electron chi connectivity index (χ2n) is 4.58. The summed E-state index contributed by atoms with van der Waals surface area (Å²) in [5.74, 6) is -0.797. The monoisotopic (exact) mass is 311 g/mol. The Kier molecular flexibility index (Phi) is 5.68. The van der Waals surface area contributed by atoms with Gasteiger partial charge in [-0.1, -0.05) is 60.7 Å². The zero-order valence-electron chi connectivity index (χ0n) is 12.2. The zero-order valence-corrected chi connectivity index (χ0v) is 14.2. The van der Waals surface area contributed by atoms with Crippen LogP contribution in [-0.4, -0.2) is 22.2 Å². The molecule has 2 aromatic carbocycles. The summed E-state index contributed by atoms with van der Waals surface area (Å²) in [7, 11) is 0.734. The number of rotatable bonds is 6. The molecule has 2 rings (SSSR count). The first kappa shape index (κ1) is 15.7. The fraction of sp³-hybridized carbons (Fsp3) is 0.0588. The molecule has 0 spiro atoms. The molecule has 2 aromatic rings. The van der Waals surface area contributed by atoms with Crippen LogP contribution in [0.3, 0.4) is 0 Å². The molecule has 22 heavy (non-hydrogen) atoms. The molecule has 1 atom stereocenters. The van der Waals surface area contributed by atoms with Crippen molar-refractivity contribution in [1.82, 2.24) is 4.98 Å². The quantitative estimate of drug-likeness (QED) is 0.380. The van der Waals surface area contributed by atoms with Gasteiger partial charge in [0.05, 0.1) is 0 Å². The lowest BCUT2D eigenvalue weighted by Crippen LogP contribution is -2.19. The van der Waals surface area contributed by atoms with Crippen LogP contribution < -0.4 is 4.98 Å². The number of ether oxygens (including phenoxy) is 1. The van der Waals surface area contributed by atoms with E-state index in [2.05, 4.69) is 4.98 Å². The number of benzene rings is 2. The van der Waals surface area contributed by atoms with Crippen LogP contribution in [0.4, 0.5) is 0 Å². The summed E-state index contributed by atoms with van der Waals surface area (Å²) >= 11 is 0. The van der Waals surface area contributed by atoms with Crippen LogP contribution in [0, 0.1) is 0 Å². The molecular formula is C17H17NO3Si. The van der Waals surface area contributed by atoms with E-state index < -0.39 is 12.1 Å². The molecule has 5 heteroatoms. The molecule has 0 radical (unpaired) electrons. The predicted molar refractivity (Wildman–Crippen MR) is 88.3 cm³/mol. The van der Waals surface area contributed by atoms with E-state index in [1.165, 1.54) is 12.3 Å². The number of hydrogen-bond acceptors (Lipinski definition) is 4. The Morgan fingerprint density at radius 1 is 1.00 bits per heavy atom. The van der Waals surface area contributed by atoms with Crippen molar-refractivity contribution in [3.05, 3.63) is 84.1 Å². The van der Waals surface area contributed by atoms with E-state index in [4.69, 9.17) is 4.74 Å². The molecule has 0 saturated heterocycles. The highest BCUT2D eigenvalue weighted by Crippen LogP contribution is 2.22. The SMILES string of the molecule is O=C(C=CN[SiH3])OC(C(=O)c1ccccc1)c1ccccc1. The summed E-state index contributed by atoms with van der Waals surface area (Å²) in [6, 6.07) is 17.8. The van der Waals surface area contributed by atoms with Gasteiger partial charge < -0.3 is 9.72 Å². The van der Waals surface area contributed by atoms with Crippen LogP contribution in [0.1, 0.15) is 22.0 Å². The lowest BCUT2D eigenvalue weighted by molar-refractivity contribution is -0.141. The molecule has 1 unspecified atom stereocenters. The van der Waals surface area contributed by atoms with Crippen molar-refractivity contribution in [3.8, 4) is 0 Å². The predicted octanol–water partition coefficient (Wildman–Crippen LogP) is 1.54. The Hall–Kier alpha value is -2.66. The number of esters is 1. The zero-order chi connectivity index (χ0) is 15.8. The van der Waals surface area contributed by atoms with Crippen LogP contribution in [0.15, 0.2) is 72.9 Å². The minimum absolute atomic E-state index is 0.243. The van der Waals surface area contributed by atoms with Gasteiger partial charge in [0.15, 0.2) is 6.10 Å². The fourth-order valence-electron chi connectivity index (χ4n) is 1.96. The van der Waals surface area contributed by atoms with Crippen molar-refractivity contribution in [2.75, 3.05) is 0 Å². The lowest BCUT2D eigenvalue weighted by atomic mass is 10.00. The summed E-state index contributed by atoms with van der Waals surface area (Å²) in [5, 5.41) is 0. The second-order valence-corrected chi connectivity index (χ2v) is 5.16. The largest absolute Gasteiger partial charge is 0.446 e. The summed E-state index contributed by atoms with van der Waals surface area (Å²) < 4.78 is 5.35. The molecule has 0 aromatic heterocycles. The smallest absolute Gasteiger partial charge is 0.333 e. The maximum absolute atomic E-state index is 12.6. The Balaban J connectivity index is 2.28. The molecule has 0 bridgehead atoms. The number of carbonyl (C=O) groups excluding carboxylic acids is 2. The average molecular weight is 311 g/mol. The third-order valence-corrected chi connectivity index (χ3v) is 3.35. The van der Waals surface area contributed by atoms with Gasteiger partial charge in [-0.2, -0.15) is 0 Å². The first-order chi connectivity index (χ1) is 10.7. The van der Waals surface area contributed by atoms with Gasteiger partial charge in [-0.15, -0.1) is 0 Å². The molecule has 0 aliphatic heterocycles. The number of hydrogen-bond donors (Lipinski definition) is 1. The van der Waals surface area contributed by atoms with Crippen molar-refractivity contribution in [2.45, 2.75) is 6.10 Å². The summed E-state index contributed by atoms with van der Waals surface area (Å²) in [4.78, 5) is 27.3. The Morgan fingerprint density at radius 2 is 1.59 bits per heavy atom. The first-order valence-corrected chi connectivity index (χ1v) is 7.91. The normalized spacial score (nSPS) is 12.0. The van der Waals surface area contributed by atoms with Crippen molar-refractivity contribution < 1.29 is 14.3 Å². The third-order valence-electron chi connectivity index (χ3n) is 3.02. The molecule has 0 aliphatic carbocycles. The minimum atomic E-state index is -0.949. The van der Waals surface area contributed by atoms with Crippen LogP contribution in [-0.2, 0) is 9.53 Å². The van der Waals surface area contributed by atoms with Crippen LogP contribution >= 0.6 is 0 Å². The van der Waals surface area contributed by atoms with Crippen molar-refractivity contribution in [3.63, 3.8) is 0 Å². The Morgan fingerprint density at radius 3 is 2.18 bits per heavy atom. The molecule has 4 nitrogen and oxygen atoms in total. The van der Waals surface area contributed by atoms with Gasteiger partial charge in [0.25, 0.3) is 0 Å². The Bertz CT molecular complexity index is 656. The maximum Gasteiger partial charge on any atom is 0.333 e. The van der Waals surface area contributed by atoms with Crippen LogP contribution in [0.5, 0.6) is 0 Å². The number of Topliss-reactive ketones (excluding diaryl/α,β-unsaturated/α-hetero) is 1. The molecular weight excluding hydrogens is 294 g/mol. The summed E-state index contributed by atoms with van der Waals surface area (Å²) in [5.41, 5.74) is 1.16. The third kappa shape index (κ3) is 4.16. The van der Waals surface area contributed by atoms with E-state index in [1.54, 1.807) is 36.4 Å². The first-order valence-electron chi connectivity index (χ1n) is 6.91. The van der Waals surface area contributed by atoms with E-state index in [0.717, 1.165) is 10.4 Å². The van der Waals surface area contributed by atoms with E-state index in [0.29, 0.717) is 11.1 Å². The average Bonchev–Trinajstić information content (AvgIpc) is 2.59. The van der Waals surface area contributed by atoms with Crippen molar-refractivity contribution in [2.24, 2.45) is 0 Å². The number of carbonyl (C=O) groups is 2. The molecule has 0 aliphatic rings. The van der Waals surface area contributed by atoms with Crippen molar-refractivity contribution in [1.29, 1.82) is 0 Å². The number of nitrogens with one attached hydrogen (secondary N) is 1. The molecule has 112 valence electrons. The van der Waals surface area contributed by atoms with Gasteiger partial charge in [0.2, 0.25) is 5.78 Å². The van der Waals surface area contributed by atoms with Gasteiger partial charge in [0.1, 0.15) is 10.4 Å². The molecule has 0 amide bonds. The van der Waals surface area contributed by atoms with E-state index in [9.17, 15) is 9.59 Å². The van der Waals surface area contributed by atoms with Gasteiger partial charge in [-0.3, -0.25) is 4.79 Å². The highest BCUT2D eigenvalue weighted by Gasteiger charge is 2.25. The van der Waals surface area contributed by atoms with Crippen LogP contribution in [0.25, 0.3) is 0 Å². The van der Waals surface area contributed by atoms with Gasteiger partial charge in [-0.05, 0) is 6.20 Å². The summed E-state index contributed by atoms with van der Waals surface area (Å²) in [6.45, 7) is 0. The fourth-order valence-corrected chi connectivity index (χ4v) is 2.13. The van der Waals surface area contributed by atoms with E-state index in [-0.39, 0.29) is 5.78 Å². The molecule has 0 fully saturated rings. The molecule has 0 heterocycles. The standard InChI is InChI=1S/C17H17NO3Si/c19-15(11-12-18-22)21-17(14-9-5-2-6-10-14)16(20)13-7-3-1-4-8-13/h1-12,17-18H,22H3. The van der Waals surface area contributed by atoms with Crippen molar-refractivity contribution >= 4 is 22.2 Å². The minimum Gasteiger partial charge on any atom is -0.446 e.